The first-order valence-corrected chi connectivity index (χ1v) is 5.99. The maximum Gasteiger partial charge on any atom is 0.145 e. The molecule has 1 saturated heterocycles. The van der Waals surface area contributed by atoms with Gasteiger partial charge in [0.25, 0.3) is 0 Å². The van der Waals surface area contributed by atoms with E-state index in [1.54, 1.807) is 12.4 Å². The average Bonchev–Trinajstić information content (AvgIpc) is 2.30. The van der Waals surface area contributed by atoms with Gasteiger partial charge in [0.15, 0.2) is 0 Å². The largest absolute Gasteiger partial charge is 0.314 e. The standard InChI is InChI=1S/C10H15BrN4.2ClH/c1-8(15-4-2-12-3-5-15)10-13-6-9(11)7-14-10;;/h6-8,12H,2-5H2,1H3;2*1H. The molecule has 4 nitrogen and oxygen atoms in total. The molecule has 1 unspecified atom stereocenters. The highest BCUT2D eigenvalue weighted by Crippen LogP contribution is 2.17. The van der Waals surface area contributed by atoms with Crippen molar-refractivity contribution in [2.45, 2.75) is 13.0 Å². The fraction of sp³-hybridized carbons (Fsp3) is 0.600. The summed E-state index contributed by atoms with van der Waals surface area (Å²) in [4.78, 5) is 11.1. The Morgan fingerprint density at radius 3 is 2.29 bits per heavy atom. The van der Waals surface area contributed by atoms with Gasteiger partial charge in [-0.05, 0) is 22.9 Å². The van der Waals surface area contributed by atoms with Crippen molar-refractivity contribution < 1.29 is 0 Å². The summed E-state index contributed by atoms with van der Waals surface area (Å²) in [5, 5.41) is 3.34. The van der Waals surface area contributed by atoms with E-state index in [1.807, 2.05) is 0 Å². The molecule has 0 radical (unpaired) electrons. The van der Waals surface area contributed by atoms with E-state index in [2.05, 4.69) is 43.0 Å². The van der Waals surface area contributed by atoms with E-state index in [4.69, 9.17) is 0 Å². The Kier molecular flexibility index (Phi) is 8.24. The number of hydrogen-bond donors (Lipinski definition) is 1. The Hall–Kier alpha value is 0.0600. The molecule has 98 valence electrons. The zero-order valence-electron chi connectivity index (χ0n) is 9.60. The van der Waals surface area contributed by atoms with E-state index < -0.39 is 0 Å². The highest BCUT2D eigenvalue weighted by atomic mass is 79.9. The first-order valence-electron chi connectivity index (χ1n) is 5.19. The van der Waals surface area contributed by atoms with Crippen molar-refractivity contribution in [2.24, 2.45) is 0 Å². The molecule has 0 saturated carbocycles. The first-order chi connectivity index (χ1) is 7.27. The molecule has 0 spiro atoms. The van der Waals surface area contributed by atoms with Crippen LogP contribution in [0.1, 0.15) is 18.8 Å². The number of rotatable bonds is 2. The van der Waals surface area contributed by atoms with Crippen LogP contribution >= 0.6 is 40.7 Å². The molecular weight excluding hydrogens is 327 g/mol. The summed E-state index contributed by atoms with van der Waals surface area (Å²) in [6, 6.07) is 0.306. The van der Waals surface area contributed by atoms with Crippen LogP contribution in [-0.4, -0.2) is 41.0 Å². The van der Waals surface area contributed by atoms with Crippen LogP contribution in [0, 0.1) is 0 Å². The molecule has 2 rings (SSSR count). The van der Waals surface area contributed by atoms with Crippen LogP contribution in [-0.2, 0) is 0 Å². The van der Waals surface area contributed by atoms with Crippen LogP contribution in [0.2, 0.25) is 0 Å². The number of halogens is 3. The molecule has 1 aromatic rings. The van der Waals surface area contributed by atoms with Crippen LogP contribution in [0.4, 0.5) is 0 Å². The quantitative estimate of drug-likeness (QED) is 0.892. The average molecular weight is 344 g/mol. The lowest BCUT2D eigenvalue weighted by Crippen LogP contribution is -2.44. The van der Waals surface area contributed by atoms with Crippen LogP contribution < -0.4 is 5.32 Å². The lowest BCUT2D eigenvalue weighted by Gasteiger charge is -2.31. The van der Waals surface area contributed by atoms with Gasteiger partial charge in [-0.3, -0.25) is 4.90 Å². The maximum absolute atomic E-state index is 4.33. The summed E-state index contributed by atoms with van der Waals surface area (Å²) in [6.07, 6.45) is 3.61. The maximum atomic E-state index is 4.33. The Balaban J connectivity index is 0.00000128. The predicted molar refractivity (Wildman–Crippen MR) is 77.1 cm³/mol. The molecule has 0 amide bonds. The monoisotopic (exact) mass is 342 g/mol. The molecule has 0 aliphatic carbocycles. The zero-order valence-corrected chi connectivity index (χ0v) is 12.8. The van der Waals surface area contributed by atoms with E-state index >= 15 is 0 Å². The third-order valence-corrected chi connectivity index (χ3v) is 3.12. The van der Waals surface area contributed by atoms with E-state index in [1.165, 1.54) is 0 Å². The van der Waals surface area contributed by atoms with Gasteiger partial charge in [-0.1, -0.05) is 0 Å². The van der Waals surface area contributed by atoms with Gasteiger partial charge in [-0.2, -0.15) is 0 Å². The molecule has 0 bridgehead atoms. The summed E-state index contributed by atoms with van der Waals surface area (Å²) in [6.45, 7) is 6.41. The van der Waals surface area contributed by atoms with Crippen molar-refractivity contribution in [1.29, 1.82) is 0 Å². The molecular formula is C10H17BrCl2N4. The van der Waals surface area contributed by atoms with Gasteiger partial charge in [-0.25, -0.2) is 9.97 Å². The van der Waals surface area contributed by atoms with Crippen LogP contribution in [0.3, 0.4) is 0 Å². The van der Waals surface area contributed by atoms with Crippen molar-refractivity contribution >= 4 is 40.7 Å². The Bertz CT molecular complexity index is 317. The Labute approximate surface area is 123 Å². The SMILES string of the molecule is CC(c1ncc(Br)cn1)N1CCNCC1.Cl.Cl. The van der Waals surface area contributed by atoms with Gasteiger partial charge >= 0.3 is 0 Å². The van der Waals surface area contributed by atoms with Gasteiger partial charge in [0, 0.05) is 38.6 Å². The number of nitrogens with zero attached hydrogens (tertiary/aromatic N) is 3. The molecule has 7 heteroatoms. The molecule has 1 aliphatic rings. The molecule has 0 aromatic carbocycles. The zero-order chi connectivity index (χ0) is 10.7. The number of nitrogens with one attached hydrogen (secondary N) is 1. The fourth-order valence-electron chi connectivity index (χ4n) is 1.77. The molecule has 1 fully saturated rings. The fourth-order valence-corrected chi connectivity index (χ4v) is 1.98. The van der Waals surface area contributed by atoms with Crippen molar-refractivity contribution in [2.75, 3.05) is 26.2 Å². The van der Waals surface area contributed by atoms with Crippen molar-refractivity contribution in [1.82, 2.24) is 20.2 Å². The number of hydrogen-bond acceptors (Lipinski definition) is 4. The van der Waals surface area contributed by atoms with Gasteiger partial charge in [0.05, 0.1) is 10.5 Å². The minimum Gasteiger partial charge on any atom is -0.314 e. The molecule has 1 N–H and O–H groups in total. The van der Waals surface area contributed by atoms with Crippen LogP contribution in [0.15, 0.2) is 16.9 Å². The third-order valence-electron chi connectivity index (χ3n) is 2.71. The van der Waals surface area contributed by atoms with E-state index in [-0.39, 0.29) is 24.8 Å². The minimum absolute atomic E-state index is 0. The lowest BCUT2D eigenvalue weighted by molar-refractivity contribution is 0.179. The smallest absolute Gasteiger partial charge is 0.145 e. The van der Waals surface area contributed by atoms with E-state index in [0.717, 1.165) is 36.5 Å². The van der Waals surface area contributed by atoms with Crippen molar-refractivity contribution in [3.05, 3.63) is 22.7 Å². The van der Waals surface area contributed by atoms with Crippen LogP contribution in [0.5, 0.6) is 0 Å². The van der Waals surface area contributed by atoms with Crippen molar-refractivity contribution in [3.8, 4) is 0 Å². The summed E-state index contributed by atoms with van der Waals surface area (Å²) < 4.78 is 0.929. The second-order valence-corrected chi connectivity index (χ2v) is 4.64. The Morgan fingerprint density at radius 1 is 1.24 bits per heavy atom. The predicted octanol–water partition coefficient (Wildman–Crippen LogP) is 2.05. The topological polar surface area (TPSA) is 41.1 Å². The van der Waals surface area contributed by atoms with E-state index in [0.29, 0.717) is 6.04 Å². The molecule has 2 heterocycles. The molecule has 17 heavy (non-hydrogen) atoms. The highest BCUT2D eigenvalue weighted by molar-refractivity contribution is 9.10. The van der Waals surface area contributed by atoms with Crippen LogP contribution in [0.25, 0.3) is 0 Å². The second kappa shape index (κ2) is 8.21. The van der Waals surface area contributed by atoms with Crippen molar-refractivity contribution in [3.63, 3.8) is 0 Å². The number of aromatic nitrogens is 2. The minimum atomic E-state index is 0. The molecule has 1 atom stereocenters. The highest BCUT2D eigenvalue weighted by Gasteiger charge is 2.19. The molecule has 1 aromatic heterocycles. The third kappa shape index (κ3) is 4.67. The van der Waals surface area contributed by atoms with Gasteiger partial charge < -0.3 is 5.32 Å². The second-order valence-electron chi connectivity index (χ2n) is 3.72. The molecule has 1 aliphatic heterocycles. The summed E-state index contributed by atoms with van der Waals surface area (Å²) in [7, 11) is 0. The first kappa shape index (κ1) is 17.1. The normalized spacial score (nSPS) is 17.8. The Morgan fingerprint density at radius 2 is 1.76 bits per heavy atom. The number of piperazine rings is 1. The van der Waals surface area contributed by atoms with Gasteiger partial charge in [-0.15, -0.1) is 24.8 Å². The van der Waals surface area contributed by atoms with E-state index in [9.17, 15) is 0 Å². The summed E-state index contributed by atoms with van der Waals surface area (Å²) in [5.41, 5.74) is 0. The van der Waals surface area contributed by atoms with Gasteiger partial charge in [0.1, 0.15) is 5.82 Å². The summed E-state index contributed by atoms with van der Waals surface area (Å²) in [5.74, 6) is 0.903. The van der Waals surface area contributed by atoms with Gasteiger partial charge in [0.2, 0.25) is 0 Å². The lowest BCUT2D eigenvalue weighted by atomic mass is 10.2. The summed E-state index contributed by atoms with van der Waals surface area (Å²) >= 11 is 3.34.